The second kappa shape index (κ2) is 9.47. The van der Waals surface area contributed by atoms with Gasteiger partial charge in [0, 0.05) is 17.1 Å². The van der Waals surface area contributed by atoms with Crippen LogP contribution in [0.15, 0.2) is 0 Å². The molecule has 0 rings (SSSR count). The molecule has 0 aliphatic carbocycles. The van der Waals surface area contributed by atoms with Crippen molar-refractivity contribution in [1.29, 1.82) is 0 Å². The van der Waals surface area contributed by atoms with Crippen molar-refractivity contribution < 1.29 is 47.1 Å². The van der Waals surface area contributed by atoms with Crippen molar-refractivity contribution in [2.75, 3.05) is 0 Å². The van der Waals surface area contributed by atoms with E-state index in [1.165, 1.54) is 13.8 Å². The minimum Gasteiger partial charge on any atom is -0.479 e. The Labute approximate surface area is 85.7 Å². The van der Waals surface area contributed by atoms with E-state index in [0.29, 0.717) is 0 Å². The van der Waals surface area contributed by atoms with E-state index < -0.39 is 24.1 Å². The van der Waals surface area contributed by atoms with Gasteiger partial charge in [-0.3, -0.25) is 0 Å². The number of aliphatic carboxylic acids is 2. The molecule has 0 radical (unpaired) electrons. The first-order valence-electron chi connectivity index (χ1n) is 3.10. The Balaban J connectivity index is -0.000000143. The second-order valence-corrected chi connectivity index (χ2v) is 2.03. The number of carbonyl (C=O) groups is 2. The van der Waals surface area contributed by atoms with Crippen LogP contribution in [0.25, 0.3) is 0 Å². The maximum absolute atomic E-state index is 9.45. The van der Waals surface area contributed by atoms with E-state index in [1.54, 1.807) is 0 Å². The zero-order chi connectivity index (χ0) is 10.3. The predicted molar refractivity (Wildman–Crippen MR) is 38.6 cm³/mol. The van der Waals surface area contributed by atoms with Crippen LogP contribution in [0.2, 0.25) is 0 Å². The summed E-state index contributed by atoms with van der Waals surface area (Å²) in [6, 6.07) is 0. The van der Waals surface area contributed by atoms with Crippen molar-refractivity contribution in [2.24, 2.45) is 0 Å². The number of aliphatic hydroxyl groups excluding tert-OH is 2. The summed E-state index contributed by atoms with van der Waals surface area (Å²) in [4.78, 5) is 18.9. The number of hydrogen-bond donors (Lipinski definition) is 4. The number of hydrogen-bond acceptors (Lipinski definition) is 4. The van der Waals surface area contributed by atoms with Crippen molar-refractivity contribution in [3.63, 3.8) is 0 Å². The van der Waals surface area contributed by atoms with Gasteiger partial charge in [0.05, 0.1) is 0 Å². The summed E-state index contributed by atoms with van der Waals surface area (Å²) in [6.07, 6.45) is -2.46. The van der Waals surface area contributed by atoms with Crippen molar-refractivity contribution in [2.45, 2.75) is 26.1 Å². The van der Waals surface area contributed by atoms with Gasteiger partial charge in [-0.1, -0.05) is 0 Å². The van der Waals surface area contributed by atoms with Gasteiger partial charge >= 0.3 is 11.9 Å². The van der Waals surface area contributed by atoms with E-state index in [-0.39, 0.29) is 17.1 Å². The van der Waals surface area contributed by atoms with Gasteiger partial charge in [-0.05, 0) is 13.8 Å². The molecular formula is C6H12FeO6. The smallest absolute Gasteiger partial charge is 0.332 e. The summed E-state index contributed by atoms with van der Waals surface area (Å²) in [5, 5.41) is 31.5. The Morgan fingerprint density at radius 2 is 1.00 bits per heavy atom. The van der Waals surface area contributed by atoms with Crippen molar-refractivity contribution in [1.82, 2.24) is 0 Å². The molecule has 6 nitrogen and oxygen atoms in total. The number of carboxylic acids is 2. The molecule has 0 bridgehead atoms. The zero-order valence-electron chi connectivity index (χ0n) is 7.11. The summed E-state index contributed by atoms with van der Waals surface area (Å²) < 4.78 is 0. The molecule has 0 aromatic carbocycles. The molecule has 0 saturated heterocycles. The third-order valence-corrected chi connectivity index (χ3v) is 0.715. The van der Waals surface area contributed by atoms with Crippen LogP contribution in [0.3, 0.4) is 0 Å². The standard InChI is InChI=1S/2C3H6O3.Fe/c2*1-2(4)3(5)6;/h2*2,4H,1H3,(H,5,6);/t2*2-;/m00./s1. The van der Waals surface area contributed by atoms with Gasteiger partial charge in [0.1, 0.15) is 12.2 Å². The van der Waals surface area contributed by atoms with E-state index in [1.807, 2.05) is 0 Å². The van der Waals surface area contributed by atoms with E-state index in [2.05, 4.69) is 0 Å². The quantitative estimate of drug-likeness (QED) is 0.452. The molecule has 0 aromatic heterocycles. The Morgan fingerprint density at radius 1 is 0.923 bits per heavy atom. The summed E-state index contributed by atoms with van der Waals surface area (Å²) in [7, 11) is 0. The van der Waals surface area contributed by atoms with Crippen LogP contribution in [0.4, 0.5) is 0 Å². The van der Waals surface area contributed by atoms with Crippen LogP contribution >= 0.6 is 0 Å². The van der Waals surface area contributed by atoms with Gasteiger partial charge in [0.15, 0.2) is 0 Å². The number of carboxylic acid groups (broad SMARTS) is 2. The molecule has 80 valence electrons. The molecule has 0 unspecified atom stereocenters. The molecule has 0 heterocycles. The Bertz CT molecular complexity index is 137. The Kier molecular flexibility index (Phi) is 13.3. The second-order valence-electron chi connectivity index (χ2n) is 2.03. The van der Waals surface area contributed by atoms with E-state index in [9.17, 15) is 9.59 Å². The molecule has 0 fully saturated rings. The van der Waals surface area contributed by atoms with Crippen LogP contribution in [-0.2, 0) is 26.7 Å². The first kappa shape index (κ1) is 18.2. The first-order valence-corrected chi connectivity index (χ1v) is 3.10. The predicted octanol–water partition coefficient (Wildman–Crippen LogP) is -1.10. The third-order valence-electron chi connectivity index (χ3n) is 0.715. The molecule has 0 spiro atoms. The fourth-order valence-corrected chi connectivity index (χ4v) is 0. The fourth-order valence-electron chi connectivity index (χ4n) is 0. The molecule has 0 aromatic rings. The van der Waals surface area contributed by atoms with Gasteiger partial charge in [-0.2, -0.15) is 0 Å². The molecule has 13 heavy (non-hydrogen) atoms. The molecular weight excluding hydrogens is 224 g/mol. The van der Waals surface area contributed by atoms with Gasteiger partial charge in [0.25, 0.3) is 0 Å². The van der Waals surface area contributed by atoms with E-state index in [0.717, 1.165) is 0 Å². The summed E-state index contributed by atoms with van der Waals surface area (Å²) in [5.41, 5.74) is 0. The number of aliphatic hydroxyl groups is 2. The minimum atomic E-state index is -1.23. The van der Waals surface area contributed by atoms with Crippen LogP contribution < -0.4 is 0 Å². The van der Waals surface area contributed by atoms with Gasteiger partial charge in [0.2, 0.25) is 0 Å². The van der Waals surface area contributed by atoms with Gasteiger partial charge < -0.3 is 20.4 Å². The van der Waals surface area contributed by atoms with Crippen LogP contribution in [0, 0.1) is 0 Å². The van der Waals surface area contributed by atoms with Crippen LogP contribution in [0.5, 0.6) is 0 Å². The largest absolute Gasteiger partial charge is 0.479 e. The average molecular weight is 236 g/mol. The minimum absolute atomic E-state index is 0. The topological polar surface area (TPSA) is 115 Å². The summed E-state index contributed by atoms with van der Waals surface area (Å²) in [5.74, 6) is -2.37. The monoisotopic (exact) mass is 236 g/mol. The van der Waals surface area contributed by atoms with Gasteiger partial charge in [-0.25, -0.2) is 9.59 Å². The van der Waals surface area contributed by atoms with Crippen LogP contribution in [-0.4, -0.2) is 44.6 Å². The normalized spacial score (nSPS) is 12.6. The maximum Gasteiger partial charge on any atom is 0.332 e. The number of rotatable bonds is 2. The molecule has 0 aliphatic heterocycles. The maximum atomic E-state index is 9.45. The first-order chi connectivity index (χ1) is 5.29. The van der Waals surface area contributed by atoms with Crippen molar-refractivity contribution in [3.8, 4) is 0 Å². The molecule has 7 heteroatoms. The molecule has 4 N–H and O–H groups in total. The van der Waals surface area contributed by atoms with E-state index >= 15 is 0 Å². The molecule has 2 atom stereocenters. The van der Waals surface area contributed by atoms with Crippen LogP contribution in [0.1, 0.15) is 13.8 Å². The van der Waals surface area contributed by atoms with E-state index in [4.69, 9.17) is 20.4 Å². The van der Waals surface area contributed by atoms with Gasteiger partial charge in [-0.15, -0.1) is 0 Å². The summed E-state index contributed by atoms with van der Waals surface area (Å²) in [6.45, 7) is 2.39. The SMILES string of the molecule is C[C@H](O)C(=O)O.C[C@H](O)C(=O)O.[Fe]. The van der Waals surface area contributed by atoms with Crippen molar-refractivity contribution in [3.05, 3.63) is 0 Å². The average Bonchev–Trinajstić information content (AvgIpc) is 1.88. The molecule has 0 amide bonds. The Morgan fingerprint density at radius 3 is 1.00 bits per heavy atom. The fraction of sp³-hybridized carbons (Fsp3) is 0.667. The third kappa shape index (κ3) is 18.4. The zero-order valence-corrected chi connectivity index (χ0v) is 8.22. The molecule has 0 saturated carbocycles. The van der Waals surface area contributed by atoms with Crippen molar-refractivity contribution >= 4 is 11.9 Å². The summed E-state index contributed by atoms with van der Waals surface area (Å²) >= 11 is 0. The molecule has 0 aliphatic rings. The Hall–Kier alpha value is -0.621.